The second-order valence-electron chi connectivity index (χ2n) is 5.92. The smallest absolute Gasteiger partial charge is 0.348 e. The van der Waals surface area contributed by atoms with E-state index in [9.17, 15) is 19.8 Å². The highest BCUT2D eigenvalue weighted by Crippen LogP contribution is 2.37. The normalized spacial score (nSPS) is 11.0. The van der Waals surface area contributed by atoms with Gasteiger partial charge in [-0.25, -0.2) is 9.59 Å². The Morgan fingerprint density at radius 3 is 1.59 bits per heavy atom. The minimum absolute atomic E-state index is 0.0315. The summed E-state index contributed by atoms with van der Waals surface area (Å²) in [5, 5.41) is 22.0. The molecule has 0 aliphatic heterocycles. The Balaban J connectivity index is 2.08. The third-order valence-electron chi connectivity index (χ3n) is 4.40. The second-order valence-corrected chi connectivity index (χ2v) is 5.92. The third-order valence-corrected chi connectivity index (χ3v) is 4.40. The molecule has 134 valence electrons. The van der Waals surface area contributed by atoms with Crippen molar-refractivity contribution in [1.29, 1.82) is 0 Å². The van der Waals surface area contributed by atoms with Crippen LogP contribution in [0.25, 0.3) is 27.5 Å². The molecule has 2 heterocycles. The van der Waals surface area contributed by atoms with Gasteiger partial charge in [0, 0.05) is 5.57 Å². The van der Waals surface area contributed by atoms with E-state index in [1.54, 1.807) is 55.5 Å². The average molecular weight is 362 g/mol. The number of rotatable bonds is 2. The van der Waals surface area contributed by atoms with Gasteiger partial charge in [0.05, 0.1) is 10.8 Å². The topological polar surface area (TPSA) is 101 Å². The number of hydrogen-bond acceptors (Lipinski definition) is 6. The number of aromatic hydroxyl groups is 2. The minimum atomic E-state index is -0.828. The van der Waals surface area contributed by atoms with Gasteiger partial charge in [-0.2, -0.15) is 0 Å². The van der Waals surface area contributed by atoms with Gasteiger partial charge in [0.25, 0.3) is 0 Å². The summed E-state index contributed by atoms with van der Waals surface area (Å²) >= 11 is 0. The van der Waals surface area contributed by atoms with Gasteiger partial charge in [-0.05, 0) is 31.2 Å². The van der Waals surface area contributed by atoms with Crippen molar-refractivity contribution in [2.24, 2.45) is 0 Å². The summed E-state index contributed by atoms with van der Waals surface area (Å²) in [5.74, 6) is -0.663. The molecule has 0 atom stereocenters. The van der Waals surface area contributed by atoms with E-state index < -0.39 is 11.3 Å². The first-order valence-electron chi connectivity index (χ1n) is 8.19. The average Bonchev–Trinajstić information content (AvgIpc) is 2.66. The molecule has 0 saturated carbocycles. The first kappa shape index (κ1) is 16.7. The maximum absolute atomic E-state index is 12.5. The zero-order valence-electron chi connectivity index (χ0n) is 14.2. The van der Waals surface area contributed by atoms with Crippen molar-refractivity contribution < 1.29 is 19.0 Å². The molecule has 0 aliphatic carbocycles. The first-order valence-corrected chi connectivity index (χ1v) is 8.19. The second kappa shape index (κ2) is 6.17. The van der Waals surface area contributed by atoms with Crippen molar-refractivity contribution >= 4 is 27.5 Å². The fourth-order valence-electron chi connectivity index (χ4n) is 3.16. The highest BCUT2D eigenvalue weighted by molar-refractivity contribution is 5.96. The van der Waals surface area contributed by atoms with Gasteiger partial charge in [-0.15, -0.1) is 0 Å². The third kappa shape index (κ3) is 2.50. The predicted molar refractivity (Wildman–Crippen MR) is 101 cm³/mol. The van der Waals surface area contributed by atoms with Crippen molar-refractivity contribution in [3.8, 4) is 11.5 Å². The predicted octanol–water partition coefficient (Wildman–Crippen LogP) is 3.76. The van der Waals surface area contributed by atoms with Gasteiger partial charge in [0.2, 0.25) is 0 Å². The lowest BCUT2D eigenvalue weighted by atomic mass is 9.96. The number of hydrogen-bond donors (Lipinski definition) is 2. The summed E-state index contributed by atoms with van der Waals surface area (Å²) in [6.45, 7) is 1.58. The van der Waals surface area contributed by atoms with Crippen LogP contribution in [0.3, 0.4) is 0 Å². The quantitative estimate of drug-likeness (QED) is 0.527. The van der Waals surface area contributed by atoms with Gasteiger partial charge in [-0.1, -0.05) is 30.3 Å². The summed E-state index contributed by atoms with van der Waals surface area (Å²) in [4.78, 5) is 25.1. The molecule has 4 aromatic rings. The zero-order chi connectivity index (χ0) is 19.1. The number of para-hydroxylation sites is 2. The molecule has 0 aliphatic rings. The lowest BCUT2D eigenvalue weighted by molar-refractivity contribution is 0.461. The van der Waals surface area contributed by atoms with Crippen LogP contribution in [0.2, 0.25) is 0 Å². The van der Waals surface area contributed by atoms with Gasteiger partial charge in [0.15, 0.2) is 0 Å². The largest absolute Gasteiger partial charge is 0.506 e. The molecule has 6 heteroatoms. The summed E-state index contributed by atoms with van der Waals surface area (Å²) in [5.41, 5.74) is -1.62. The van der Waals surface area contributed by atoms with Crippen LogP contribution in [0.5, 0.6) is 11.5 Å². The van der Waals surface area contributed by atoms with Gasteiger partial charge >= 0.3 is 11.3 Å². The standard InChI is InChI=1S/C21H14O6/c1-2-11(16-18(22)12-7-3-5-9-14(12)26-20(16)24)17-19(23)13-8-4-6-10-15(13)27-21(17)25/h2-10,22-23H,1H3. The first-order chi connectivity index (χ1) is 13.0. The highest BCUT2D eigenvalue weighted by atomic mass is 16.4. The molecule has 0 bridgehead atoms. The summed E-state index contributed by atoms with van der Waals surface area (Å²) < 4.78 is 10.5. The minimum Gasteiger partial charge on any atom is -0.506 e. The van der Waals surface area contributed by atoms with Crippen LogP contribution < -0.4 is 11.3 Å². The van der Waals surface area contributed by atoms with E-state index in [-0.39, 0.29) is 39.4 Å². The SMILES string of the molecule is CC=C(c1c(O)c2ccccc2oc1=O)c1c(O)c2ccccc2oc1=O. The molecule has 0 unspecified atom stereocenters. The Labute approximate surface area is 152 Å². The Kier molecular flexibility index (Phi) is 3.81. The Morgan fingerprint density at radius 1 is 0.778 bits per heavy atom. The van der Waals surface area contributed by atoms with Crippen molar-refractivity contribution in [3.63, 3.8) is 0 Å². The number of benzene rings is 2. The fraction of sp³-hybridized carbons (Fsp3) is 0.0476. The Bertz CT molecular complexity index is 1240. The van der Waals surface area contributed by atoms with Crippen LogP contribution in [0.4, 0.5) is 0 Å². The van der Waals surface area contributed by atoms with Crippen LogP contribution in [-0.2, 0) is 0 Å². The van der Waals surface area contributed by atoms with E-state index in [1.165, 1.54) is 6.08 Å². The summed E-state index contributed by atoms with van der Waals surface area (Å²) in [7, 11) is 0. The molecule has 0 spiro atoms. The monoisotopic (exact) mass is 362 g/mol. The summed E-state index contributed by atoms with van der Waals surface area (Å²) in [6.07, 6.45) is 1.45. The summed E-state index contributed by atoms with van der Waals surface area (Å²) in [6, 6.07) is 13.0. The van der Waals surface area contributed by atoms with Crippen LogP contribution in [0.15, 0.2) is 73.0 Å². The molecule has 2 aromatic heterocycles. The molecule has 6 nitrogen and oxygen atoms in total. The molecule has 0 fully saturated rings. The Hall–Kier alpha value is -3.80. The lowest BCUT2D eigenvalue weighted by Gasteiger charge is -2.11. The van der Waals surface area contributed by atoms with E-state index in [0.717, 1.165) is 0 Å². The molecule has 0 amide bonds. The van der Waals surface area contributed by atoms with Crippen LogP contribution in [0.1, 0.15) is 18.1 Å². The van der Waals surface area contributed by atoms with Gasteiger partial charge < -0.3 is 19.0 Å². The highest BCUT2D eigenvalue weighted by Gasteiger charge is 2.25. The van der Waals surface area contributed by atoms with E-state index in [0.29, 0.717) is 10.8 Å². The molecule has 2 aromatic carbocycles. The van der Waals surface area contributed by atoms with E-state index in [1.807, 2.05) is 0 Å². The van der Waals surface area contributed by atoms with Crippen LogP contribution in [-0.4, -0.2) is 10.2 Å². The molecule has 27 heavy (non-hydrogen) atoms. The van der Waals surface area contributed by atoms with Crippen molar-refractivity contribution in [1.82, 2.24) is 0 Å². The maximum Gasteiger partial charge on any atom is 0.348 e. The number of allylic oxidation sites excluding steroid dienone is 1. The van der Waals surface area contributed by atoms with E-state index >= 15 is 0 Å². The van der Waals surface area contributed by atoms with E-state index in [4.69, 9.17) is 8.83 Å². The van der Waals surface area contributed by atoms with Crippen LogP contribution in [0, 0.1) is 0 Å². The molecule has 0 radical (unpaired) electrons. The van der Waals surface area contributed by atoms with Crippen molar-refractivity contribution in [2.75, 3.05) is 0 Å². The molecular weight excluding hydrogens is 348 g/mol. The van der Waals surface area contributed by atoms with Gasteiger partial charge in [-0.3, -0.25) is 0 Å². The van der Waals surface area contributed by atoms with Crippen LogP contribution >= 0.6 is 0 Å². The van der Waals surface area contributed by atoms with E-state index in [2.05, 4.69) is 0 Å². The fourth-order valence-corrected chi connectivity index (χ4v) is 3.16. The molecule has 0 saturated heterocycles. The van der Waals surface area contributed by atoms with Gasteiger partial charge in [0.1, 0.15) is 33.8 Å². The molecule has 4 rings (SSSR count). The van der Waals surface area contributed by atoms with Crippen molar-refractivity contribution in [3.05, 3.63) is 86.6 Å². The molecule has 2 N–H and O–H groups in total. The maximum atomic E-state index is 12.5. The molecular formula is C21H14O6. The Morgan fingerprint density at radius 2 is 1.19 bits per heavy atom. The van der Waals surface area contributed by atoms with Crippen molar-refractivity contribution in [2.45, 2.75) is 6.92 Å². The zero-order valence-corrected chi connectivity index (χ0v) is 14.2. The lowest BCUT2D eigenvalue weighted by Crippen LogP contribution is -2.14. The number of fused-ring (bicyclic) bond motifs is 2.